The summed E-state index contributed by atoms with van der Waals surface area (Å²) in [5, 5.41) is 3.45. The molecule has 1 unspecified atom stereocenters. The van der Waals surface area contributed by atoms with Gasteiger partial charge in [-0.2, -0.15) is 0 Å². The second kappa shape index (κ2) is 5.69. The Labute approximate surface area is 106 Å². The van der Waals surface area contributed by atoms with Crippen molar-refractivity contribution in [3.8, 4) is 0 Å². The number of hydrogen-bond donors (Lipinski definition) is 1. The highest BCUT2D eigenvalue weighted by atomic mass is 79.9. The Kier molecular flexibility index (Phi) is 4.24. The van der Waals surface area contributed by atoms with Crippen molar-refractivity contribution in [1.82, 2.24) is 4.90 Å². The van der Waals surface area contributed by atoms with Crippen LogP contribution in [0.3, 0.4) is 0 Å². The SMILES string of the molecule is CC1CCN(CCNc2ccc(Br)cc2)C1. The van der Waals surface area contributed by atoms with Gasteiger partial charge in [-0.25, -0.2) is 0 Å². The fraction of sp³-hybridized carbons (Fsp3) is 0.538. The van der Waals surface area contributed by atoms with Crippen molar-refractivity contribution in [2.45, 2.75) is 13.3 Å². The number of nitrogens with one attached hydrogen (secondary N) is 1. The Morgan fingerprint density at radius 2 is 2.12 bits per heavy atom. The molecule has 1 aromatic rings. The highest BCUT2D eigenvalue weighted by molar-refractivity contribution is 9.10. The number of hydrogen-bond acceptors (Lipinski definition) is 2. The summed E-state index contributed by atoms with van der Waals surface area (Å²) in [5.41, 5.74) is 1.20. The third-order valence-corrected chi connectivity index (χ3v) is 3.64. The van der Waals surface area contributed by atoms with Crippen LogP contribution in [0.4, 0.5) is 5.69 Å². The normalized spacial score (nSPS) is 21.2. The van der Waals surface area contributed by atoms with E-state index in [1.54, 1.807) is 0 Å². The van der Waals surface area contributed by atoms with Crippen molar-refractivity contribution in [2.24, 2.45) is 5.92 Å². The first-order valence-corrected chi connectivity index (χ1v) is 6.75. The zero-order valence-corrected chi connectivity index (χ0v) is 11.3. The Morgan fingerprint density at radius 1 is 1.38 bits per heavy atom. The van der Waals surface area contributed by atoms with Crippen LogP contribution in [-0.2, 0) is 0 Å². The molecule has 16 heavy (non-hydrogen) atoms. The minimum atomic E-state index is 0.882. The molecule has 0 amide bonds. The third-order valence-electron chi connectivity index (χ3n) is 3.11. The predicted octanol–water partition coefficient (Wildman–Crippen LogP) is 3.20. The first-order chi connectivity index (χ1) is 7.74. The lowest BCUT2D eigenvalue weighted by molar-refractivity contribution is 0.341. The highest BCUT2D eigenvalue weighted by Gasteiger charge is 2.17. The first-order valence-electron chi connectivity index (χ1n) is 5.96. The van der Waals surface area contributed by atoms with E-state index in [1.807, 2.05) is 0 Å². The summed E-state index contributed by atoms with van der Waals surface area (Å²) >= 11 is 3.44. The lowest BCUT2D eigenvalue weighted by atomic mass is 10.2. The molecule has 0 bridgehead atoms. The molecule has 0 spiro atoms. The van der Waals surface area contributed by atoms with E-state index in [1.165, 1.54) is 25.2 Å². The second-order valence-corrected chi connectivity index (χ2v) is 5.54. The van der Waals surface area contributed by atoms with Crippen LogP contribution in [0.5, 0.6) is 0 Å². The maximum Gasteiger partial charge on any atom is 0.0341 e. The summed E-state index contributed by atoms with van der Waals surface area (Å²) in [6.45, 7) is 7.06. The van der Waals surface area contributed by atoms with E-state index >= 15 is 0 Å². The average Bonchev–Trinajstić information content (AvgIpc) is 2.67. The molecule has 2 nitrogen and oxygen atoms in total. The van der Waals surface area contributed by atoms with E-state index in [2.05, 4.69) is 57.3 Å². The van der Waals surface area contributed by atoms with Gasteiger partial charge in [-0.15, -0.1) is 0 Å². The van der Waals surface area contributed by atoms with E-state index < -0.39 is 0 Å². The summed E-state index contributed by atoms with van der Waals surface area (Å²) in [5.74, 6) is 0.882. The van der Waals surface area contributed by atoms with Gasteiger partial charge >= 0.3 is 0 Å². The molecule has 1 aromatic carbocycles. The van der Waals surface area contributed by atoms with Crippen molar-refractivity contribution in [2.75, 3.05) is 31.5 Å². The van der Waals surface area contributed by atoms with Crippen LogP contribution in [0.25, 0.3) is 0 Å². The monoisotopic (exact) mass is 282 g/mol. The number of halogens is 1. The number of nitrogens with zero attached hydrogens (tertiary/aromatic N) is 1. The van der Waals surface area contributed by atoms with Crippen LogP contribution in [0, 0.1) is 5.92 Å². The van der Waals surface area contributed by atoms with Gasteiger partial charge in [-0.3, -0.25) is 0 Å². The largest absolute Gasteiger partial charge is 0.384 e. The highest BCUT2D eigenvalue weighted by Crippen LogP contribution is 2.15. The number of rotatable bonds is 4. The topological polar surface area (TPSA) is 15.3 Å². The van der Waals surface area contributed by atoms with Gasteiger partial charge in [0.25, 0.3) is 0 Å². The van der Waals surface area contributed by atoms with Crippen LogP contribution in [0.1, 0.15) is 13.3 Å². The standard InChI is InChI=1S/C13H19BrN2/c1-11-6-8-16(10-11)9-7-15-13-4-2-12(14)3-5-13/h2-5,11,15H,6-10H2,1H3. The van der Waals surface area contributed by atoms with Gasteiger partial charge in [0.15, 0.2) is 0 Å². The molecule has 1 atom stereocenters. The zero-order valence-electron chi connectivity index (χ0n) is 9.75. The molecule has 1 saturated heterocycles. The van der Waals surface area contributed by atoms with E-state index in [0.29, 0.717) is 0 Å². The van der Waals surface area contributed by atoms with Crippen LogP contribution in [-0.4, -0.2) is 31.1 Å². The van der Waals surface area contributed by atoms with Crippen LogP contribution < -0.4 is 5.32 Å². The first kappa shape index (κ1) is 11.9. The van der Waals surface area contributed by atoms with Gasteiger partial charge in [0.05, 0.1) is 0 Å². The Balaban J connectivity index is 1.70. The molecule has 3 heteroatoms. The second-order valence-electron chi connectivity index (χ2n) is 4.63. The summed E-state index contributed by atoms with van der Waals surface area (Å²) in [6, 6.07) is 8.36. The fourth-order valence-electron chi connectivity index (χ4n) is 2.16. The lowest BCUT2D eigenvalue weighted by Crippen LogP contribution is -2.26. The Bertz CT molecular complexity index is 323. The molecule has 0 aliphatic carbocycles. The molecule has 1 heterocycles. The van der Waals surface area contributed by atoms with E-state index in [-0.39, 0.29) is 0 Å². The molecule has 2 rings (SSSR count). The van der Waals surface area contributed by atoms with Crippen molar-refractivity contribution >= 4 is 21.6 Å². The van der Waals surface area contributed by atoms with Gasteiger partial charge in [-0.1, -0.05) is 22.9 Å². The average molecular weight is 283 g/mol. The molecule has 0 aromatic heterocycles. The molecule has 88 valence electrons. The summed E-state index contributed by atoms with van der Waals surface area (Å²) in [7, 11) is 0. The minimum absolute atomic E-state index is 0.882. The van der Waals surface area contributed by atoms with Crippen LogP contribution in [0.2, 0.25) is 0 Å². The smallest absolute Gasteiger partial charge is 0.0341 e. The Hall–Kier alpha value is -0.540. The van der Waals surface area contributed by atoms with E-state index in [9.17, 15) is 0 Å². The van der Waals surface area contributed by atoms with Crippen LogP contribution >= 0.6 is 15.9 Å². The molecule has 1 N–H and O–H groups in total. The third kappa shape index (κ3) is 3.49. The maximum atomic E-state index is 3.45. The summed E-state index contributed by atoms with van der Waals surface area (Å²) in [4.78, 5) is 2.54. The minimum Gasteiger partial charge on any atom is -0.384 e. The maximum absolute atomic E-state index is 3.45. The van der Waals surface area contributed by atoms with Crippen molar-refractivity contribution < 1.29 is 0 Å². The van der Waals surface area contributed by atoms with Gasteiger partial charge in [0.1, 0.15) is 0 Å². The van der Waals surface area contributed by atoms with E-state index in [4.69, 9.17) is 0 Å². The molecule has 0 radical (unpaired) electrons. The van der Waals surface area contributed by atoms with Crippen molar-refractivity contribution in [1.29, 1.82) is 0 Å². The molecule has 1 aliphatic heterocycles. The Morgan fingerprint density at radius 3 is 2.75 bits per heavy atom. The summed E-state index contributed by atoms with van der Waals surface area (Å²) < 4.78 is 1.13. The lowest BCUT2D eigenvalue weighted by Gasteiger charge is -2.15. The van der Waals surface area contributed by atoms with Crippen molar-refractivity contribution in [3.05, 3.63) is 28.7 Å². The van der Waals surface area contributed by atoms with Gasteiger partial charge in [0, 0.05) is 29.8 Å². The number of likely N-dealkylation sites (tertiary alicyclic amines) is 1. The zero-order chi connectivity index (χ0) is 11.4. The van der Waals surface area contributed by atoms with Gasteiger partial charge in [0.2, 0.25) is 0 Å². The predicted molar refractivity (Wildman–Crippen MR) is 72.9 cm³/mol. The molecular weight excluding hydrogens is 264 g/mol. The van der Waals surface area contributed by atoms with Crippen molar-refractivity contribution in [3.63, 3.8) is 0 Å². The fourth-order valence-corrected chi connectivity index (χ4v) is 2.42. The molecular formula is C13H19BrN2. The molecule has 0 saturated carbocycles. The number of anilines is 1. The summed E-state index contributed by atoms with van der Waals surface area (Å²) in [6.07, 6.45) is 1.36. The quantitative estimate of drug-likeness (QED) is 0.913. The number of benzene rings is 1. The van der Waals surface area contributed by atoms with Gasteiger partial charge in [-0.05, 0) is 43.1 Å². The molecule has 1 fully saturated rings. The van der Waals surface area contributed by atoms with Gasteiger partial charge < -0.3 is 10.2 Å². The molecule has 1 aliphatic rings. The van der Waals surface area contributed by atoms with E-state index in [0.717, 1.165) is 23.5 Å². The van der Waals surface area contributed by atoms with Crippen LogP contribution in [0.15, 0.2) is 28.7 Å².